The van der Waals surface area contributed by atoms with Crippen molar-refractivity contribution in [3.05, 3.63) is 168 Å². The Morgan fingerprint density at radius 1 is 0.381 bits per heavy atom. The van der Waals surface area contributed by atoms with E-state index in [1.54, 1.807) is 0 Å². The molecule has 2 aliphatic carbocycles. The molecule has 8 aromatic rings. The van der Waals surface area contributed by atoms with Crippen molar-refractivity contribution < 1.29 is 0 Å². The van der Waals surface area contributed by atoms with Crippen LogP contribution in [0.3, 0.4) is 0 Å². The van der Waals surface area contributed by atoms with E-state index >= 15 is 0 Å². The first-order chi connectivity index (χ1) is 20.8. The van der Waals surface area contributed by atoms with Crippen LogP contribution in [-0.4, -0.2) is 4.98 Å². The van der Waals surface area contributed by atoms with Gasteiger partial charge in [0.25, 0.3) is 0 Å². The predicted molar refractivity (Wildman–Crippen MR) is 175 cm³/mol. The number of fused-ring (bicyclic) bond motifs is 15. The Kier molecular flexibility index (Phi) is 4.18. The van der Waals surface area contributed by atoms with E-state index in [1.807, 2.05) is 0 Å². The van der Waals surface area contributed by atoms with E-state index in [2.05, 4.69) is 151 Å². The minimum atomic E-state index is -0.323. The minimum Gasteiger partial charge on any atom is -0.354 e. The van der Waals surface area contributed by atoms with E-state index < -0.39 is 0 Å². The quantitative estimate of drug-likeness (QED) is 0.217. The summed E-state index contributed by atoms with van der Waals surface area (Å²) in [5, 5.41) is 5.14. The van der Waals surface area contributed by atoms with Crippen molar-refractivity contribution in [2.24, 2.45) is 0 Å². The number of aromatic amines is 1. The minimum absolute atomic E-state index is 0.323. The zero-order valence-corrected chi connectivity index (χ0v) is 22.9. The van der Waals surface area contributed by atoms with Crippen LogP contribution in [0.5, 0.6) is 0 Å². The highest BCUT2D eigenvalue weighted by atomic mass is 14.7. The van der Waals surface area contributed by atoms with Gasteiger partial charge in [0.05, 0.1) is 5.41 Å². The first-order valence-electron chi connectivity index (χ1n) is 14.7. The topological polar surface area (TPSA) is 15.8 Å². The number of rotatable bonds is 1. The summed E-state index contributed by atoms with van der Waals surface area (Å²) in [7, 11) is 0. The van der Waals surface area contributed by atoms with Gasteiger partial charge < -0.3 is 4.98 Å². The molecule has 0 fully saturated rings. The zero-order valence-electron chi connectivity index (χ0n) is 22.9. The van der Waals surface area contributed by atoms with Crippen LogP contribution < -0.4 is 0 Å². The van der Waals surface area contributed by atoms with Gasteiger partial charge in [0.1, 0.15) is 0 Å². The molecule has 0 unspecified atom stereocenters. The molecule has 1 nitrogen and oxygen atoms in total. The monoisotopic (exact) mass is 531 g/mol. The lowest BCUT2D eigenvalue weighted by atomic mass is 9.70. The third-order valence-electron chi connectivity index (χ3n) is 9.82. The summed E-state index contributed by atoms with van der Waals surface area (Å²) in [5.41, 5.74) is 15.4. The van der Waals surface area contributed by atoms with Crippen molar-refractivity contribution in [2.75, 3.05) is 0 Å². The average Bonchev–Trinajstić information content (AvgIpc) is 3.68. The summed E-state index contributed by atoms with van der Waals surface area (Å²) in [5.74, 6) is 0. The number of aromatic nitrogens is 1. The molecule has 7 aromatic carbocycles. The van der Waals surface area contributed by atoms with Crippen molar-refractivity contribution in [3.8, 4) is 33.4 Å². The summed E-state index contributed by atoms with van der Waals surface area (Å²) < 4.78 is 0. The highest BCUT2D eigenvalue weighted by Crippen LogP contribution is 2.63. The standard InChI is InChI=1S/C41H25N/c1-2-10-28-25(9-1)18-22-39-40(28)33-23-26(19-21-38(33)42-39)27-17-20-32-31-13-5-8-16-36(31)41(37(32)24-27)34-14-6-3-11-29(34)30-12-4-7-15-35(30)41/h1-24,42H. The van der Waals surface area contributed by atoms with Gasteiger partial charge in [0, 0.05) is 21.8 Å². The van der Waals surface area contributed by atoms with Crippen LogP contribution in [0.4, 0.5) is 0 Å². The van der Waals surface area contributed by atoms with Gasteiger partial charge >= 0.3 is 0 Å². The molecule has 1 heterocycles. The van der Waals surface area contributed by atoms with Gasteiger partial charge in [-0.2, -0.15) is 0 Å². The molecule has 1 heteroatoms. The zero-order chi connectivity index (χ0) is 27.4. The Hall–Kier alpha value is -5.40. The summed E-state index contributed by atoms with van der Waals surface area (Å²) in [6, 6.07) is 54.2. The predicted octanol–water partition coefficient (Wildman–Crippen LogP) is 10.5. The van der Waals surface area contributed by atoms with Crippen molar-refractivity contribution in [3.63, 3.8) is 0 Å². The molecular weight excluding hydrogens is 506 g/mol. The second kappa shape index (κ2) is 7.87. The van der Waals surface area contributed by atoms with Crippen molar-refractivity contribution in [1.29, 1.82) is 0 Å². The van der Waals surface area contributed by atoms with Crippen LogP contribution in [0.15, 0.2) is 146 Å². The fourth-order valence-electron chi connectivity index (χ4n) is 8.13. The molecule has 0 aliphatic heterocycles. The second-order valence-electron chi connectivity index (χ2n) is 11.7. The highest BCUT2D eigenvalue weighted by Gasteiger charge is 2.51. The maximum absolute atomic E-state index is 3.66. The normalized spacial score (nSPS) is 13.9. The van der Waals surface area contributed by atoms with Crippen molar-refractivity contribution in [1.82, 2.24) is 4.98 Å². The van der Waals surface area contributed by atoms with Gasteiger partial charge in [-0.3, -0.25) is 0 Å². The number of benzene rings is 7. The van der Waals surface area contributed by atoms with E-state index in [9.17, 15) is 0 Å². The van der Waals surface area contributed by atoms with E-state index in [0.29, 0.717) is 0 Å². The summed E-state index contributed by atoms with van der Waals surface area (Å²) in [6.07, 6.45) is 0. The fourth-order valence-corrected chi connectivity index (χ4v) is 8.13. The first kappa shape index (κ1) is 22.3. The summed E-state index contributed by atoms with van der Waals surface area (Å²) >= 11 is 0. The molecule has 1 spiro atoms. The van der Waals surface area contributed by atoms with Gasteiger partial charge in [0.15, 0.2) is 0 Å². The fraction of sp³-hybridized carbons (Fsp3) is 0.0244. The lowest BCUT2D eigenvalue weighted by Gasteiger charge is -2.30. The Balaban J connectivity index is 1.26. The second-order valence-corrected chi connectivity index (χ2v) is 11.7. The van der Waals surface area contributed by atoms with Crippen LogP contribution in [0.1, 0.15) is 22.3 Å². The third-order valence-corrected chi connectivity index (χ3v) is 9.82. The molecule has 1 aromatic heterocycles. The molecule has 194 valence electrons. The number of hydrogen-bond donors (Lipinski definition) is 1. The van der Waals surface area contributed by atoms with Crippen LogP contribution in [0, 0.1) is 0 Å². The smallest absolute Gasteiger partial charge is 0.0725 e. The van der Waals surface area contributed by atoms with E-state index in [1.165, 1.54) is 88.2 Å². The maximum atomic E-state index is 3.66. The molecule has 1 N–H and O–H groups in total. The molecule has 0 atom stereocenters. The lowest BCUT2D eigenvalue weighted by molar-refractivity contribution is 0.794. The summed E-state index contributed by atoms with van der Waals surface area (Å²) in [4.78, 5) is 3.66. The average molecular weight is 532 g/mol. The SMILES string of the molecule is c1ccc2c(c1)-c1ccccc1C21c2ccccc2-c2ccc(-c3ccc4[nH]c5ccc6ccccc6c5c4c3)cc21. The number of nitrogens with one attached hydrogen (secondary N) is 1. The van der Waals surface area contributed by atoms with E-state index in [4.69, 9.17) is 0 Å². The molecule has 0 saturated heterocycles. The lowest BCUT2D eigenvalue weighted by Crippen LogP contribution is -2.25. The summed E-state index contributed by atoms with van der Waals surface area (Å²) in [6.45, 7) is 0. The third kappa shape index (κ3) is 2.64. The Bertz CT molecular complexity index is 2360. The molecule has 2 aliphatic rings. The molecule has 0 bridgehead atoms. The number of H-pyrrole nitrogens is 1. The Labute approximate surface area is 243 Å². The van der Waals surface area contributed by atoms with E-state index in [-0.39, 0.29) is 5.41 Å². The first-order valence-corrected chi connectivity index (χ1v) is 14.7. The molecule has 10 rings (SSSR count). The molecule has 0 amide bonds. The van der Waals surface area contributed by atoms with Crippen molar-refractivity contribution in [2.45, 2.75) is 5.41 Å². The number of hydrogen-bond acceptors (Lipinski definition) is 0. The van der Waals surface area contributed by atoms with Crippen LogP contribution in [-0.2, 0) is 5.41 Å². The molecule has 0 radical (unpaired) electrons. The highest BCUT2D eigenvalue weighted by molar-refractivity contribution is 6.20. The van der Waals surface area contributed by atoms with E-state index in [0.717, 1.165) is 0 Å². The van der Waals surface area contributed by atoms with Gasteiger partial charge in [-0.15, -0.1) is 0 Å². The van der Waals surface area contributed by atoms with Crippen LogP contribution in [0.25, 0.3) is 66.0 Å². The molecule has 0 saturated carbocycles. The van der Waals surface area contributed by atoms with Gasteiger partial charge in [-0.1, -0.05) is 121 Å². The maximum Gasteiger partial charge on any atom is 0.0725 e. The van der Waals surface area contributed by atoms with Gasteiger partial charge in [-0.05, 0) is 90.7 Å². The Morgan fingerprint density at radius 2 is 0.929 bits per heavy atom. The van der Waals surface area contributed by atoms with Crippen LogP contribution in [0.2, 0.25) is 0 Å². The molecule has 42 heavy (non-hydrogen) atoms. The van der Waals surface area contributed by atoms with Crippen molar-refractivity contribution >= 4 is 32.6 Å². The largest absolute Gasteiger partial charge is 0.354 e. The Morgan fingerprint density at radius 3 is 1.64 bits per heavy atom. The molecular formula is C41H25N. The van der Waals surface area contributed by atoms with Gasteiger partial charge in [0.2, 0.25) is 0 Å². The van der Waals surface area contributed by atoms with Gasteiger partial charge in [-0.25, -0.2) is 0 Å². The van der Waals surface area contributed by atoms with Crippen LogP contribution >= 0.6 is 0 Å².